The summed E-state index contributed by atoms with van der Waals surface area (Å²) in [6, 6.07) is 7.23. The van der Waals surface area contributed by atoms with E-state index in [0.717, 1.165) is 16.9 Å². The summed E-state index contributed by atoms with van der Waals surface area (Å²) in [5, 5.41) is 32.5. The van der Waals surface area contributed by atoms with Crippen molar-refractivity contribution in [2.75, 3.05) is 5.32 Å². The Morgan fingerprint density at radius 3 is 2.34 bits per heavy atom. The predicted molar refractivity (Wildman–Crippen MR) is 122 cm³/mol. The predicted octanol–water partition coefficient (Wildman–Crippen LogP) is 3.71. The van der Waals surface area contributed by atoms with Gasteiger partial charge in [0.1, 0.15) is 16.5 Å². The molecule has 0 spiro atoms. The van der Waals surface area contributed by atoms with E-state index in [-0.39, 0.29) is 30.8 Å². The number of aromatic nitrogens is 2. The summed E-state index contributed by atoms with van der Waals surface area (Å²) in [6.07, 6.45) is -4.02. The summed E-state index contributed by atoms with van der Waals surface area (Å²) in [4.78, 5) is 25.8. The molecule has 1 aliphatic carbocycles. The zero-order chi connectivity index (χ0) is 25.9. The van der Waals surface area contributed by atoms with Gasteiger partial charge in [-0.05, 0) is 44.4 Å². The first kappa shape index (κ1) is 26.6. The highest BCUT2D eigenvalue weighted by molar-refractivity contribution is 7.15. The fourth-order valence-corrected chi connectivity index (χ4v) is 4.83. The van der Waals surface area contributed by atoms with Crippen molar-refractivity contribution in [1.82, 2.24) is 15.5 Å². The molecular weight excluding hydrogens is 483 g/mol. The van der Waals surface area contributed by atoms with E-state index < -0.39 is 35.0 Å². The van der Waals surface area contributed by atoms with Crippen molar-refractivity contribution < 1.29 is 27.9 Å². The number of nitrogens with zero attached hydrogens (tertiary/aromatic N) is 3. The number of nitrogens with one attached hydrogen (secondary N) is 2. The Hall–Kier alpha value is -3.04. The van der Waals surface area contributed by atoms with Crippen molar-refractivity contribution >= 4 is 28.3 Å². The lowest BCUT2D eigenvalue weighted by atomic mass is 9.72. The van der Waals surface area contributed by atoms with Crippen LogP contribution in [0, 0.1) is 16.7 Å². The molecule has 2 aromatic rings. The van der Waals surface area contributed by atoms with Crippen LogP contribution in [0.1, 0.15) is 62.1 Å². The molecule has 0 bridgehead atoms. The maximum Gasteiger partial charge on any atom is 0.403 e. The SMILES string of the molecule is CC(C)(O)[C@@H](NC(=O)C1(C(F)(F)F)CCCCC1)C(=O)Nc1nnc(Cc2ccc(C#N)cc2)s1. The van der Waals surface area contributed by atoms with E-state index in [0.29, 0.717) is 23.4 Å². The number of nitriles is 1. The largest absolute Gasteiger partial charge is 0.403 e. The average molecular weight is 510 g/mol. The summed E-state index contributed by atoms with van der Waals surface area (Å²) >= 11 is 1.05. The molecule has 3 rings (SSSR count). The first-order valence-corrected chi connectivity index (χ1v) is 11.9. The van der Waals surface area contributed by atoms with E-state index in [4.69, 9.17) is 5.26 Å². The van der Waals surface area contributed by atoms with Crippen LogP contribution in [0.4, 0.5) is 18.3 Å². The van der Waals surface area contributed by atoms with E-state index in [9.17, 15) is 27.9 Å². The first-order chi connectivity index (χ1) is 16.4. The zero-order valence-electron chi connectivity index (χ0n) is 19.3. The second-order valence-corrected chi connectivity index (χ2v) is 10.2. The molecule has 1 aromatic heterocycles. The Bertz CT molecular complexity index is 1100. The van der Waals surface area contributed by atoms with Crippen LogP contribution < -0.4 is 10.6 Å². The van der Waals surface area contributed by atoms with E-state index in [1.54, 1.807) is 24.3 Å². The molecule has 35 heavy (non-hydrogen) atoms. The second kappa shape index (κ2) is 10.3. The van der Waals surface area contributed by atoms with Crippen molar-refractivity contribution in [3.8, 4) is 6.07 Å². The highest BCUT2D eigenvalue weighted by Crippen LogP contribution is 2.49. The third-order valence-electron chi connectivity index (χ3n) is 6.06. The number of aliphatic hydroxyl groups is 1. The van der Waals surface area contributed by atoms with Crippen LogP contribution in [-0.2, 0) is 16.0 Å². The van der Waals surface area contributed by atoms with Gasteiger partial charge in [0.2, 0.25) is 11.0 Å². The molecule has 0 unspecified atom stereocenters. The van der Waals surface area contributed by atoms with Crippen molar-refractivity contribution in [3.63, 3.8) is 0 Å². The number of halogens is 3. The number of hydrogen-bond acceptors (Lipinski definition) is 7. The minimum Gasteiger partial charge on any atom is -0.388 e. The summed E-state index contributed by atoms with van der Waals surface area (Å²) < 4.78 is 41.7. The number of carbonyl (C=O) groups is 2. The molecule has 1 heterocycles. The number of hydrogen-bond donors (Lipinski definition) is 3. The normalized spacial score (nSPS) is 16.7. The van der Waals surface area contributed by atoms with Gasteiger partial charge in [-0.25, -0.2) is 0 Å². The first-order valence-electron chi connectivity index (χ1n) is 11.1. The van der Waals surface area contributed by atoms with Crippen LogP contribution in [0.3, 0.4) is 0 Å². The lowest BCUT2D eigenvalue weighted by Gasteiger charge is -2.39. The van der Waals surface area contributed by atoms with Crippen LogP contribution in [0.25, 0.3) is 0 Å². The van der Waals surface area contributed by atoms with Gasteiger partial charge in [-0.2, -0.15) is 18.4 Å². The zero-order valence-corrected chi connectivity index (χ0v) is 20.1. The van der Waals surface area contributed by atoms with Crippen molar-refractivity contribution in [2.24, 2.45) is 5.41 Å². The van der Waals surface area contributed by atoms with Crippen molar-refractivity contribution in [3.05, 3.63) is 40.4 Å². The Balaban J connectivity index is 1.73. The van der Waals surface area contributed by atoms with Crippen LogP contribution in [0.15, 0.2) is 24.3 Å². The molecule has 1 atom stereocenters. The molecule has 1 saturated carbocycles. The quantitative estimate of drug-likeness (QED) is 0.522. The van der Waals surface area contributed by atoms with Crippen molar-refractivity contribution in [2.45, 2.75) is 70.2 Å². The summed E-state index contributed by atoms with van der Waals surface area (Å²) in [7, 11) is 0. The molecule has 0 saturated heterocycles. The van der Waals surface area contributed by atoms with Crippen LogP contribution in [-0.4, -0.2) is 44.9 Å². The molecule has 3 N–H and O–H groups in total. The van der Waals surface area contributed by atoms with Crippen molar-refractivity contribution in [1.29, 1.82) is 5.26 Å². The molecule has 8 nitrogen and oxygen atoms in total. The maximum atomic E-state index is 13.9. The molecule has 0 aliphatic heterocycles. The smallest absolute Gasteiger partial charge is 0.388 e. The van der Waals surface area contributed by atoms with E-state index >= 15 is 0 Å². The molecule has 188 valence electrons. The van der Waals surface area contributed by atoms with Gasteiger partial charge in [0, 0.05) is 6.42 Å². The van der Waals surface area contributed by atoms with Crippen LogP contribution in [0.5, 0.6) is 0 Å². The molecule has 1 aromatic carbocycles. The molecule has 1 aliphatic rings. The van der Waals surface area contributed by atoms with Gasteiger partial charge < -0.3 is 10.4 Å². The minimum atomic E-state index is -4.78. The summed E-state index contributed by atoms with van der Waals surface area (Å²) in [5.41, 5.74) is -3.06. The number of carbonyl (C=O) groups excluding carboxylic acids is 2. The highest BCUT2D eigenvalue weighted by atomic mass is 32.1. The second-order valence-electron chi connectivity index (χ2n) is 9.18. The van der Waals surface area contributed by atoms with E-state index in [1.807, 2.05) is 6.07 Å². The van der Waals surface area contributed by atoms with Gasteiger partial charge in [0.05, 0.1) is 17.2 Å². The maximum absolute atomic E-state index is 13.9. The average Bonchev–Trinajstić information content (AvgIpc) is 3.23. The highest BCUT2D eigenvalue weighted by Gasteiger charge is 2.60. The minimum absolute atomic E-state index is 0.0744. The Labute approximate surface area is 204 Å². The number of rotatable bonds is 7. The van der Waals surface area contributed by atoms with Gasteiger partial charge >= 0.3 is 6.18 Å². The van der Waals surface area contributed by atoms with E-state index in [1.165, 1.54) is 13.8 Å². The van der Waals surface area contributed by atoms with Crippen LogP contribution >= 0.6 is 11.3 Å². The molecule has 1 fully saturated rings. The number of anilines is 1. The third-order valence-corrected chi connectivity index (χ3v) is 6.90. The number of alkyl halides is 3. The van der Waals surface area contributed by atoms with Gasteiger partial charge in [-0.3, -0.25) is 14.9 Å². The standard InChI is InChI=1S/C23H26F3N5O3S/c1-21(2,34)17(28-19(33)22(23(24,25)26)10-4-3-5-11-22)18(32)29-20-31-30-16(35-20)12-14-6-8-15(13-27)9-7-14/h6-9,17,34H,3-5,10-12H2,1-2H3,(H,28,33)(H,29,31,32)/t17-/m0/s1. The Kier molecular flexibility index (Phi) is 7.81. The monoisotopic (exact) mass is 509 g/mol. The summed E-state index contributed by atoms with van der Waals surface area (Å²) in [5.74, 6) is -2.22. The van der Waals surface area contributed by atoms with E-state index in [2.05, 4.69) is 20.8 Å². The fourth-order valence-electron chi connectivity index (χ4n) is 4.05. The molecule has 2 amide bonds. The third kappa shape index (κ3) is 6.15. The van der Waals surface area contributed by atoms with Gasteiger partial charge in [-0.15, -0.1) is 10.2 Å². The lowest BCUT2D eigenvalue weighted by Crippen LogP contribution is -2.61. The fraction of sp³-hybridized carbons (Fsp3) is 0.522. The topological polar surface area (TPSA) is 128 Å². The molecule has 12 heteroatoms. The number of benzene rings is 1. The Morgan fingerprint density at radius 1 is 1.17 bits per heavy atom. The number of amides is 2. The van der Waals surface area contributed by atoms with Gasteiger partial charge in [0.15, 0.2) is 0 Å². The lowest BCUT2D eigenvalue weighted by molar-refractivity contribution is -0.231. The Morgan fingerprint density at radius 2 is 1.80 bits per heavy atom. The van der Waals surface area contributed by atoms with Crippen LogP contribution in [0.2, 0.25) is 0 Å². The molecular formula is C23H26F3N5O3S. The van der Waals surface area contributed by atoms with Gasteiger partial charge in [0.25, 0.3) is 5.91 Å². The summed E-state index contributed by atoms with van der Waals surface area (Å²) in [6.45, 7) is 2.46. The van der Waals surface area contributed by atoms with Gasteiger partial charge in [-0.1, -0.05) is 42.7 Å². The molecule has 0 radical (unpaired) electrons.